The molecule has 0 bridgehead atoms. The molecular formula is C10H23N3O. The lowest BCUT2D eigenvalue weighted by molar-refractivity contribution is -0.125. The van der Waals surface area contributed by atoms with Gasteiger partial charge >= 0.3 is 0 Å². The van der Waals surface area contributed by atoms with Crippen molar-refractivity contribution in [2.75, 3.05) is 26.7 Å². The van der Waals surface area contributed by atoms with Crippen molar-refractivity contribution in [1.82, 2.24) is 10.2 Å². The molecule has 0 aliphatic carbocycles. The molecule has 0 aliphatic rings. The van der Waals surface area contributed by atoms with Gasteiger partial charge in [-0.2, -0.15) is 0 Å². The molecule has 84 valence electrons. The van der Waals surface area contributed by atoms with Crippen molar-refractivity contribution in [1.29, 1.82) is 0 Å². The van der Waals surface area contributed by atoms with Crippen LogP contribution in [0.1, 0.15) is 20.8 Å². The van der Waals surface area contributed by atoms with Gasteiger partial charge in [-0.1, -0.05) is 6.92 Å². The molecular weight excluding hydrogens is 178 g/mol. The largest absolute Gasteiger partial charge is 0.355 e. The SMILES string of the molecule is CCNC(=O)C(C)N(C)CC(C)CN. The summed E-state index contributed by atoms with van der Waals surface area (Å²) in [5, 5.41) is 2.81. The van der Waals surface area contributed by atoms with Crippen molar-refractivity contribution in [3.8, 4) is 0 Å². The van der Waals surface area contributed by atoms with E-state index in [-0.39, 0.29) is 11.9 Å². The van der Waals surface area contributed by atoms with E-state index in [0.717, 1.165) is 6.54 Å². The molecule has 4 nitrogen and oxygen atoms in total. The number of likely N-dealkylation sites (N-methyl/N-ethyl adjacent to an activating group) is 2. The number of carbonyl (C=O) groups excluding carboxylic acids is 1. The Labute approximate surface area is 86.8 Å². The van der Waals surface area contributed by atoms with Crippen LogP contribution in [0.2, 0.25) is 0 Å². The van der Waals surface area contributed by atoms with Crippen LogP contribution in [-0.4, -0.2) is 43.5 Å². The summed E-state index contributed by atoms with van der Waals surface area (Å²) in [7, 11) is 1.95. The van der Waals surface area contributed by atoms with Gasteiger partial charge in [-0.25, -0.2) is 0 Å². The van der Waals surface area contributed by atoms with Crippen LogP contribution in [0.5, 0.6) is 0 Å². The first-order chi connectivity index (χ1) is 6.52. The predicted octanol–water partition coefficient (Wildman–Crippen LogP) is 0.0376. The van der Waals surface area contributed by atoms with E-state index in [1.807, 2.05) is 25.8 Å². The van der Waals surface area contributed by atoms with Gasteiger partial charge in [-0.05, 0) is 33.4 Å². The van der Waals surface area contributed by atoms with E-state index in [1.165, 1.54) is 0 Å². The third-order valence-corrected chi connectivity index (χ3v) is 2.39. The Hall–Kier alpha value is -0.610. The number of nitrogens with one attached hydrogen (secondary N) is 1. The molecule has 0 heterocycles. The molecule has 2 atom stereocenters. The highest BCUT2D eigenvalue weighted by Crippen LogP contribution is 2.01. The van der Waals surface area contributed by atoms with E-state index in [2.05, 4.69) is 12.2 Å². The van der Waals surface area contributed by atoms with Crippen LogP contribution in [0.3, 0.4) is 0 Å². The fourth-order valence-corrected chi connectivity index (χ4v) is 1.25. The van der Waals surface area contributed by atoms with Gasteiger partial charge in [-0.15, -0.1) is 0 Å². The van der Waals surface area contributed by atoms with Crippen LogP contribution in [-0.2, 0) is 4.79 Å². The molecule has 4 heteroatoms. The Balaban J connectivity index is 3.97. The molecule has 0 radical (unpaired) electrons. The van der Waals surface area contributed by atoms with E-state index in [0.29, 0.717) is 19.0 Å². The number of amides is 1. The highest BCUT2D eigenvalue weighted by molar-refractivity contribution is 5.81. The summed E-state index contributed by atoms with van der Waals surface area (Å²) in [5.41, 5.74) is 5.53. The normalized spacial score (nSPS) is 15.3. The molecule has 0 rings (SSSR count). The lowest BCUT2D eigenvalue weighted by atomic mass is 10.1. The molecule has 0 spiro atoms. The van der Waals surface area contributed by atoms with E-state index in [9.17, 15) is 4.79 Å². The molecule has 2 unspecified atom stereocenters. The van der Waals surface area contributed by atoms with E-state index >= 15 is 0 Å². The van der Waals surface area contributed by atoms with Crippen LogP contribution in [0.4, 0.5) is 0 Å². The van der Waals surface area contributed by atoms with Gasteiger partial charge in [0.1, 0.15) is 0 Å². The quantitative estimate of drug-likeness (QED) is 0.638. The van der Waals surface area contributed by atoms with Gasteiger partial charge in [0.05, 0.1) is 6.04 Å². The summed E-state index contributed by atoms with van der Waals surface area (Å²) in [4.78, 5) is 13.5. The molecule has 0 aliphatic heterocycles. The predicted molar refractivity (Wildman–Crippen MR) is 59.0 cm³/mol. The fraction of sp³-hybridized carbons (Fsp3) is 0.900. The number of nitrogens with zero attached hydrogens (tertiary/aromatic N) is 1. The minimum absolute atomic E-state index is 0.0797. The highest BCUT2D eigenvalue weighted by atomic mass is 16.2. The Morgan fingerprint density at radius 1 is 1.50 bits per heavy atom. The van der Waals surface area contributed by atoms with Crippen LogP contribution >= 0.6 is 0 Å². The van der Waals surface area contributed by atoms with Gasteiger partial charge < -0.3 is 11.1 Å². The zero-order valence-electron chi connectivity index (χ0n) is 9.71. The molecule has 14 heavy (non-hydrogen) atoms. The summed E-state index contributed by atoms with van der Waals surface area (Å²) in [6.07, 6.45) is 0. The second kappa shape index (κ2) is 6.79. The smallest absolute Gasteiger partial charge is 0.237 e. The molecule has 0 aromatic carbocycles. The summed E-state index contributed by atoms with van der Waals surface area (Å²) in [5.74, 6) is 0.510. The van der Waals surface area contributed by atoms with Crippen molar-refractivity contribution >= 4 is 5.91 Å². The molecule has 0 fully saturated rings. The first-order valence-electron chi connectivity index (χ1n) is 5.20. The summed E-state index contributed by atoms with van der Waals surface area (Å²) >= 11 is 0. The standard InChI is InChI=1S/C10H23N3O/c1-5-12-10(14)9(3)13(4)7-8(2)6-11/h8-9H,5-7,11H2,1-4H3,(H,12,14). The number of nitrogens with two attached hydrogens (primary N) is 1. The van der Waals surface area contributed by atoms with Crippen molar-refractivity contribution < 1.29 is 4.79 Å². The second-order valence-corrected chi connectivity index (χ2v) is 3.85. The number of hydrogen-bond acceptors (Lipinski definition) is 3. The maximum Gasteiger partial charge on any atom is 0.237 e. The van der Waals surface area contributed by atoms with Crippen LogP contribution in [0.15, 0.2) is 0 Å². The van der Waals surface area contributed by atoms with Crippen LogP contribution in [0.25, 0.3) is 0 Å². The lowest BCUT2D eigenvalue weighted by Crippen LogP contribution is -2.45. The number of rotatable bonds is 6. The molecule has 0 aromatic rings. The van der Waals surface area contributed by atoms with Gasteiger partial charge in [0.15, 0.2) is 0 Å². The van der Waals surface area contributed by atoms with Gasteiger partial charge in [0.25, 0.3) is 0 Å². The maximum atomic E-state index is 11.5. The van der Waals surface area contributed by atoms with E-state index in [4.69, 9.17) is 5.73 Å². The Morgan fingerprint density at radius 3 is 2.50 bits per heavy atom. The third kappa shape index (κ3) is 4.58. The highest BCUT2D eigenvalue weighted by Gasteiger charge is 2.18. The Kier molecular flexibility index (Phi) is 6.49. The van der Waals surface area contributed by atoms with Crippen molar-refractivity contribution in [2.24, 2.45) is 11.7 Å². The molecule has 0 aromatic heterocycles. The summed E-state index contributed by atoms with van der Waals surface area (Å²) in [6, 6.07) is -0.0797. The topological polar surface area (TPSA) is 58.4 Å². The molecule has 1 amide bonds. The second-order valence-electron chi connectivity index (χ2n) is 3.85. The fourth-order valence-electron chi connectivity index (χ4n) is 1.25. The molecule has 0 saturated carbocycles. The minimum atomic E-state index is -0.0797. The van der Waals surface area contributed by atoms with E-state index in [1.54, 1.807) is 0 Å². The Morgan fingerprint density at radius 2 is 2.07 bits per heavy atom. The molecule has 3 N–H and O–H groups in total. The third-order valence-electron chi connectivity index (χ3n) is 2.39. The van der Waals surface area contributed by atoms with Gasteiger partial charge in [0, 0.05) is 13.1 Å². The van der Waals surface area contributed by atoms with Crippen LogP contribution in [0, 0.1) is 5.92 Å². The zero-order valence-corrected chi connectivity index (χ0v) is 9.71. The van der Waals surface area contributed by atoms with Crippen LogP contribution < -0.4 is 11.1 Å². The number of carbonyl (C=O) groups is 1. The van der Waals surface area contributed by atoms with E-state index < -0.39 is 0 Å². The maximum absolute atomic E-state index is 11.5. The summed E-state index contributed by atoms with van der Waals surface area (Å²) in [6.45, 7) is 8.12. The lowest BCUT2D eigenvalue weighted by Gasteiger charge is -2.26. The van der Waals surface area contributed by atoms with Crippen molar-refractivity contribution in [3.63, 3.8) is 0 Å². The average Bonchev–Trinajstić information content (AvgIpc) is 2.16. The summed E-state index contributed by atoms with van der Waals surface area (Å²) < 4.78 is 0. The Bertz CT molecular complexity index is 173. The average molecular weight is 201 g/mol. The van der Waals surface area contributed by atoms with Crippen molar-refractivity contribution in [2.45, 2.75) is 26.8 Å². The van der Waals surface area contributed by atoms with Crippen molar-refractivity contribution in [3.05, 3.63) is 0 Å². The van der Waals surface area contributed by atoms with Gasteiger partial charge in [-0.3, -0.25) is 9.69 Å². The zero-order chi connectivity index (χ0) is 11.1. The molecule has 0 saturated heterocycles. The first-order valence-corrected chi connectivity index (χ1v) is 5.20. The number of hydrogen-bond donors (Lipinski definition) is 2. The first kappa shape index (κ1) is 13.4. The van der Waals surface area contributed by atoms with Gasteiger partial charge in [0.2, 0.25) is 5.91 Å². The minimum Gasteiger partial charge on any atom is -0.355 e. The monoisotopic (exact) mass is 201 g/mol.